The SMILES string of the molecule is COc1cccc(CN2CCCN(c3ccncc3C)CC2)c1O. The van der Waals surface area contributed by atoms with Crippen molar-refractivity contribution < 1.29 is 9.84 Å². The van der Waals surface area contributed by atoms with E-state index in [2.05, 4.69) is 27.8 Å². The van der Waals surface area contributed by atoms with Gasteiger partial charge in [-0.15, -0.1) is 0 Å². The molecule has 0 atom stereocenters. The summed E-state index contributed by atoms with van der Waals surface area (Å²) in [5.74, 6) is 0.794. The predicted octanol–water partition coefficient (Wildman–Crippen LogP) is 2.82. The van der Waals surface area contributed by atoms with Gasteiger partial charge in [-0.2, -0.15) is 0 Å². The molecule has 0 amide bonds. The van der Waals surface area contributed by atoms with Gasteiger partial charge in [0.05, 0.1) is 7.11 Å². The quantitative estimate of drug-likeness (QED) is 0.936. The Balaban J connectivity index is 1.67. The molecule has 0 saturated carbocycles. The first-order valence-electron chi connectivity index (χ1n) is 8.42. The smallest absolute Gasteiger partial charge is 0.162 e. The Hall–Kier alpha value is -2.27. The lowest BCUT2D eigenvalue weighted by Crippen LogP contribution is -2.30. The number of aryl methyl sites for hydroxylation is 1. The molecule has 0 unspecified atom stereocenters. The minimum absolute atomic E-state index is 0.256. The van der Waals surface area contributed by atoms with Crippen molar-refractivity contribution >= 4 is 5.69 Å². The van der Waals surface area contributed by atoms with Crippen LogP contribution in [0.4, 0.5) is 5.69 Å². The average Bonchev–Trinajstić information content (AvgIpc) is 2.83. The van der Waals surface area contributed by atoms with Gasteiger partial charge in [-0.3, -0.25) is 9.88 Å². The summed E-state index contributed by atoms with van der Waals surface area (Å²) in [5, 5.41) is 10.3. The molecule has 24 heavy (non-hydrogen) atoms. The summed E-state index contributed by atoms with van der Waals surface area (Å²) in [7, 11) is 1.58. The molecule has 1 saturated heterocycles. The van der Waals surface area contributed by atoms with Gasteiger partial charge in [0.25, 0.3) is 0 Å². The highest BCUT2D eigenvalue weighted by Crippen LogP contribution is 2.30. The molecule has 5 heteroatoms. The van der Waals surface area contributed by atoms with Crippen LogP contribution in [-0.2, 0) is 6.54 Å². The molecule has 0 radical (unpaired) electrons. The van der Waals surface area contributed by atoms with E-state index in [4.69, 9.17) is 4.74 Å². The van der Waals surface area contributed by atoms with Crippen LogP contribution in [-0.4, -0.2) is 48.3 Å². The third-order valence-corrected chi connectivity index (χ3v) is 4.62. The van der Waals surface area contributed by atoms with E-state index in [1.54, 1.807) is 13.2 Å². The summed E-state index contributed by atoms with van der Waals surface area (Å²) in [6.07, 6.45) is 4.89. The van der Waals surface area contributed by atoms with Crippen LogP contribution in [0, 0.1) is 6.92 Å². The topological polar surface area (TPSA) is 48.8 Å². The summed E-state index contributed by atoms with van der Waals surface area (Å²) in [6, 6.07) is 7.78. The van der Waals surface area contributed by atoms with Crippen molar-refractivity contribution in [1.29, 1.82) is 0 Å². The van der Waals surface area contributed by atoms with E-state index in [1.807, 2.05) is 24.5 Å². The molecule has 1 fully saturated rings. The Bertz CT molecular complexity index is 690. The first kappa shape index (κ1) is 16.6. The van der Waals surface area contributed by atoms with Crippen molar-refractivity contribution in [3.05, 3.63) is 47.8 Å². The number of phenolic OH excluding ortho intramolecular Hbond substituents is 1. The van der Waals surface area contributed by atoms with E-state index in [1.165, 1.54) is 11.3 Å². The van der Waals surface area contributed by atoms with Gasteiger partial charge < -0.3 is 14.7 Å². The van der Waals surface area contributed by atoms with Crippen LogP contribution in [0.15, 0.2) is 36.7 Å². The fourth-order valence-electron chi connectivity index (χ4n) is 3.29. The standard InChI is InChI=1S/C19H25N3O2/c1-15-13-20-8-7-17(15)22-10-4-9-21(11-12-22)14-16-5-3-6-18(24-2)19(16)23/h3,5-8,13,23H,4,9-12,14H2,1-2H3. The molecular formula is C19H25N3O2. The average molecular weight is 327 g/mol. The van der Waals surface area contributed by atoms with E-state index in [0.717, 1.165) is 44.7 Å². The van der Waals surface area contributed by atoms with E-state index in [-0.39, 0.29) is 5.75 Å². The van der Waals surface area contributed by atoms with E-state index >= 15 is 0 Å². The van der Waals surface area contributed by atoms with Crippen LogP contribution in [0.1, 0.15) is 17.5 Å². The fourth-order valence-corrected chi connectivity index (χ4v) is 3.29. The van der Waals surface area contributed by atoms with Gasteiger partial charge in [0.1, 0.15) is 0 Å². The summed E-state index contributed by atoms with van der Waals surface area (Å²) in [5.41, 5.74) is 3.41. The summed E-state index contributed by atoms with van der Waals surface area (Å²) < 4.78 is 5.20. The maximum absolute atomic E-state index is 10.3. The molecule has 1 N–H and O–H groups in total. The lowest BCUT2D eigenvalue weighted by molar-refractivity contribution is 0.278. The van der Waals surface area contributed by atoms with Gasteiger partial charge in [-0.1, -0.05) is 12.1 Å². The van der Waals surface area contributed by atoms with Crippen LogP contribution >= 0.6 is 0 Å². The molecule has 2 aromatic rings. The fraction of sp³-hybridized carbons (Fsp3) is 0.421. The monoisotopic (exact) mass is 327 g/mol. The largest absolute Gasteiger partial charge is 0.504 e. The van der Waals surface area contributed by atoms with Crippen molar-refractivity contribution in [1.82, 2.24) is 9.88 Å². The third kappa shape index (κ3) is 3.62. The second-order valence-electron chi connectivity index (χ2n) is 6.25. The molecule has 3 rings (SSSR count). The molecule has 1 aliphatic heterocycles. The maximum atomic E-state index is 10.3. The first-order valence-corrected chi connectivity index (χ1v) is 8.42. The number of benzene rings is 1. The molecule has 2 heterocycles. The molecule has 0 bridgehead atoms. The zero-order valence-electron chi connectivity index (χ0n) is 14.4. The summed E-state index contributed by atoms with van der Waals surface area (Å²) >= 11 is 0. The highest BCUT2D eigenvalue weighted by atomic mass is 16.5. The highest BCUT2D eigenvalue weighted by Gasteiger charge is 2.18. The van der Waals surface area contributed by atoms with Crippen LogP contribution in [0.3, 0.4) is 0 Å². The van der Waals surface area contributed by atoms with E-state index in [9.17, 15) is 5.11 Å². The number of para-hydroxylation sites is 1. The molecule has 1 aromatic heterocycles. The van der Waals surface area contributed by atoms with Crippen molar-refractivity contribution in [2.24, 2.45) is 0 Å². The minimum atomic E-state index is 0.256. The lowest BCUT2D eigenvalue weighted by Gasteiger charge is -2.25. The van der Waals surface area contributed by atoms with Crippen LogP contribution in [0.2, 0.25) is 0 Å². The summed E-state index contributed by atoms with van der Waals surface area (Å²) in [4.78, 5) is 9.01. The highest BCUT2D eigenvalue weighted by molar-refractivity contribution is 5.51. The molecule has 1 aromatic carbocycles. The zero-order valence-corrected chi connectivity index (χ0v) is 14.4. The Morgan fingerprint density at radius 1 is 1.17 bits per heavy atom. The molecule has 0 aliphatic carbocycles. The van der Waals surface area contributed by atoms with Crippen LogP contribution in [0.25, 0.3) is 0 Å². The number of nitrogens with zero attached hydrogens (tertiary/aromatic N) is 3. The van der Waals surface area contributed by atoms with Crippen molar-refractivity contribution in [3.8, 4) is 11.5 Å². The van der Waals surface area contributed by atoms with Crippen LogP contribution in [0.5, 0.6) is 11.5 Å². The normalized spacial score (nSPS) is 16.0. The van der Waals surface area contributed by atoms with Gasteiger partial charge in [-0.05, 0) is 31.0 Å². The van der Waals surface area contributed by atoms with Gasteiger partial charge in [-0.25, -0.2) is 0 Å². The van der Waals surface area contributed by atoms with Gasteiger partial charge in [0.2, 0.25) is 0 Å². The first-order chi connectivity index (χ1) is 11.7. The number of pyridine rings is 1. The minimum Gasteiger partial charge on any atom is -0.504 e. The molecule has 1 aliphatic rings. The van der Waals surface area contributed by atoms with Crippen molar-refractivity contribution in [2.45, 2.75) is 19.9 Å². The second kappa shape index (κ2) is 7.53. The number of methoxy groups -OCH3 is 1. The van der Waals surface area contributed by atoms with E-state index in [0.29, 0.717) is 5.75 Å². The maximum Gasteiger partial charge on any atom is 0.162 e. The number of hydrogen-bond acceptors (Lipinski definition) is 5. The number of phenols is 1. The Labute approximate surface area is 143 Å². The van der Waals surface area contributed by atoms with Crippen molar-refractivity contribution in [3.63, 3.8) is 0 Å². The number of hydrogen-bond donors (Lipinski definition) is 1. The Morgan fingerprint density at radius 2 is 2.04 bits per heavy atom. The number of aromatic hydroxyl groups is 1. The number of rotatable bonds is 4. The molecule has 0 spiro atoms. The van der Waals surface area contributed by atoms with Gasteiger partial charge >= 0.3 is 0 Å². The number of anilines is 1. The van der Waals surface area contributed by atoms with Crippen molar-refractivity contribution in [2.75, 3.05) is 38.2 Å². The number of ether oxygens (including phenoxy) is 1. The molecule has 5 nitrogen and oxygen atoms in total. The lowest BCUT2D eigenvalue weighted by atomic mass is 10.1. The Kier molecular flexibility index (Phi) is 5.20. The third-order valence-electron chi connectivity index (χ3n) is 4.62. The zero-order chi connectivity index (χ0) is 16.9. The summed E-state index contributed by atoms with van der Waals surface area (Å²) in [6.45, 7) is 6.88. The number of aromatic nitrogens is 1. The van der Waals surface area contributed by atoms with E-state index < -0.39 is 0 Å². The van der Waals surface area contributed by atoms with Gasteiger partial charge in [0, 0.05) is 56.4 Å². The second-order valence-corrected chi connectivity index (χ2v) is 6.25. The molecule has 128 valence electrons. The predicted molar refractivity (Wildman–Crippen MR) is 95.7 cm³/mol. The van der Waals surface area contributed by atoms with Gasteiger partial charge in [0.15, 0.2) is 11.5 Å². The van der Waals surface area contributed by atoms with Crippen LogP contribution < -0.4 is 9.64 Å². The Morgan fingerprint density at radius 3 is 2.83 bits per heavy atom. The molecular weight excluding hydrogens is 302 g/mol.